The van der Waals surface area contributed by atoms with Gasteiger partial charge in [-0.1, -0.05) is 18.7 Å². The molecule has 66 valence electrons. The lowest BCUT2D eigenvalue weighted by Crippen LogP contribution is -2.26. The second-order valence-electron chi connectivity index (χ2n) is 3.06. The molecule has 1 amide bonds. The Labute approximate surface area is 73.6 Å². The second kappa shape index (κ2) is 4.10. The van der Waals surface area contributed by atoms with Gasteiger partial charge in [0.05, 0.1) is 0 Å². The number of hydrogen-bond acceptors (Lipinski definition) is 1. The first-order chi connectivity index (χ1) is 5.77. The molecule has 1 heterocycles. The molecule has 1 aliphatic heterocycles. The fourth-order valence-corrected chi connectivity index (χ4v) is 1.55. The third-order valence-electron chi connectivity index (χ3n) is 2.18. The maximum Gasteiger partial charge on any atom is 0.245 e. The molecule has 0 radical (unpaired) electrons. The van der Waals surface area contributed by atoms with Crippen LogP contribution in [-0.2, 0) is 4.79 Å². The Kier molecular flexibility index (Phi) is 3.09. The lowest BCUT2D eigenvalue weighted by molar-refractivity contribution is -0.125. The Morgan fingerprint density at radius 3 is 3.00 bits per heavy atom. The van der Waals surface area contributed by atoms with Crippen molar-refractivity contribution in [3.05, 3.63) is 24.8 Å². The van der Waals surface area contributed by atoms with Crippen molar-refractivity contribution >= 4 is 5.91 Å². The van der Waals surface area contributed by atoms with Gasteiger partial charge in [-0.05, 0) is 25.3 Å². The zero-order valence-corrected chi connectivity index (χ0v) is 7.49. The van der Waals surface area contributed by atoms with Crippen molar-refractivity contribution in [3.8, 4) is 0 Å². The third kappa shape index (κ3) is 1.97. The first-order valence-corrected chi connectivity index (χ1v) is 4.32. The molecule has 1 aliphatic rings. The molecule has 1 rings (SSSR count). The van der Waals surface area contributed by atoms with Crippen molar-refractivity contribution in [3.63, 3.8) is 0 Å². The molecule has 2 nitrogen and oxygen atoms in total. The average Bonchev–Trinajstić information content (AvgIpc) is 2.52. The molecule has 2 heteroatoms. The van der Waals surface area contributed by atoms with E-state index in [-0.39, 0.29) is 5.91 Å². The van der Waals surface area contributed by atoms with E-state index in [1.807, 2.05) is 17.9 Å². The van der Waals surface area contributed by atoms with Gasteiger partial charge in [-0.2, -0.15) is 0 Å². The van der Waals surface area contributed by atoms with Gasteiger partial charge >= 0.3 is 0 Å². The fourth-order valence-electron chi connectivity index (χ4n) is 1.55. The highest BCUT2D eigenvalue weighted by Gasteiger charge is 2.22. The number of rotatable bonds is 2. The highest BCUT2D eigenvalue weighted by atomic mass is 16.2. The van der Waals surface area contributed by atoms with Gasteiger partial charge in [0.25, 0.3) is 0 Å². The first kappa shape index (κ1) is 9.04. The Balaban J connectivity index is 2.45. The minimum atomic E-state index is 0.0574. The van der Waals surface area contributed by atoms with Crippen LogP contribution in [0.15, 0.2) is 24.8 Å². The van der Waals surface area contributed by atoms with Crippen molar-refractivity contribution in [2.45, 2.75) is 13.3 Å². The SMILES string of the molecule is C=CC(=O)N1CCC(/C=C/C)C1. The quantitative estimate of drug-likeness (QED) is 0.449. The largest absolute Gasteiger partial charge is 0.339 e. The molecule has 0 bridgehead atoms. The topological polar surface area (TPSA) is 20.3 Å². The molecule has 1 fully saturated rings. The summed E-state index contributed by atoms with van der Waals surface area (Å²) in [6.45, 7) is 7.21. The zero-order valence-electron chi connectivity index (χ0n) is 7.49. The molecular weight excluding hydrogens is 150 g/mol. The number of allylic oxidation sites excluding steroid dienone is 1. The van der Waals surface area contributed by atoms with Crippen LogP contribution in [0, 0.1) is 5.92 Å². The molecule has 1 saturated heterocycles. The summed E-state index contributed by atoms with van der Waals surface area (Å²) in [5.41, 5.74) is 0. The molecule has 1 atom stereocenters. The summed E-state index contributed by atoms with van der Waals surface area (Å²) in [5.74, 6) is 0.612. The molecule has 0 aromatic heterocycles. The van der Waals surface area contributed by atoms with E-state index in [0.717, 1.165) is 19.5 Å². The van der Waals surface area contributed by atoms with Gasteiger partial charge in [0, 0.05) is 13.1 Å². The summed E-state index contributed by atoms with van der Waals surface area (Å²) in [7, 11) is 0. The molecule has 0 N–H and O–H groups in total. The summed E-state index contributed by atoms with van der Waals surface area (Å²) in [6.07, 6.45) is 6.69. The third-order valence-corrected chi connectivity index (χ3v) is 2.18. The lowest BCUT2D eigenvalue weighted by Gasteiger charge is -2.12. The summed E-state index contributed by atoms with van der Waals surface area (Å²) >= 11 is 0. The number of hydrogen-bond donors (Lipinski definition) is 0. The monoisotopic (exact) mass is 165 g/mol. The molecule has 0 aromatic carbocycles. The van der Waals surface area contributed by atoms with Crippen molar-refractivity contribution in [1.29, 1.82) is 0 Å². The minimum Gasteiger partial charge on any atom is -0.339 e. The number of amides is 1. The molecule has 0 aromatic rings. The number of likely N-dealkylation sites (tertiary alicyclic amines) is 1. The highest BCUT2D eigenvalue weighted by Crippen LogP contribution is 2.17. The van der Waals surface area contributed by atoms with Crippen molar-refractivity contribution in [2.24, 2.45) is 5.92 Å². The van der Waals surface area contributed by atoms with Gasteiger partial charge in [0.2, 0.25) is 5.91 Å². The number of carbonyl (C=O) groups is 1. The van der Waals surface area contributed by atoms with E-state index < -0.39 is 0 Å². The first-order valence-electron chi connectivity index (χ1n) is 4.32. The minimum absolute atomic E-state index is 0.0574. The Hall–Kier alpha value is -1.05. The van der Waals surface area contributed by atoms with Crippen LogP contribution < -0.4 is 0 Å². The predicted octanol–water partition coefficient (Wildman–Crippen LogP) is 1.60. The normalized spacial score (nSPS) is 23.4. The molecule has 0 saturated carbocycles. The lowest BCUT2D eigenvalue weighted by atomic mass is 10.1. The Bertz CT molecular complexity index is 208. The van der Waals surface area contributed by atoms with Crippen molar-refractivity contribution in [2.75, 3.05) is 13.1 Å². The molecule has 12 heavy (non-hydrogen) atoms. The van der Waals surface area contributed by atoms with Gasteiger partial charge in [-0.25, -0.2) is 0 Å². The van der Waals surface area contributed by atoms with Crippen LogP contribution in [0.25, 0.3) is 0 Å². The molecule has 1 unspecified atom stereocenters. The smallest absolute Gasteiger partial charge is 0.245 e. The van der Waals surface area contributed by atoms with E-state index in [9.17, 15) is 4.79 Å². The summed E-state index contributed by atoms with van der Waals surface area (Å²) in [4.78, 5) is 13.0. The van der Waals surface area contributed by atoms with Crippen LogP contribution in [0.1, 0.15) is 13.3 Å². The maximum absolute atomic E-state index is 11.1. The number of carbonyl (C=O) groups excluding carboxylic acids is 1. The summed E-state index contributed by atoms with van der Waals surface area (Å²) < 4.78 is 0. The Morgan fingerprint density at radius 1 is 1.67 bits per heavy atom. The van der Waals surface area contributed by atoms with Crippen LogP contribution in [0.3, 0.4) is 0 Å². The van der Waals surface area contributed by atoms with E-state index in [1.54, 1.807) is 0 Å². The van der Waals surface area contributed by atoms with Gasteiger partial charge < -0.3 is 4.90 Å². The number of nitrogens with zero attached hydrogens (tertiary/aromatic N) is 1. The van der Waals surface area contributed by atoms with Crippen LogP contribution in [-0.4, -0.2) is 23.9 Å². The summed E-state index contributed by atoms with van der Waals surface area (Å²) in [6, 6.07) is 0. The molecule has 0 spiro atoms. The fraction of sp³-hybridized carbons (Fsp3) is 0.500. The molecular formula is C10H15NO. The van der Waals surface area contributed by atoms with Crippen LogP contribution in [0.4, 0.5) is 0 Å². The van der Waals surface area contributed by atoms with E-state index >= 15 is 0 Å². The van der Waals surface area contributed by atoms with Gasteiger partial charge in [0.1, 0.15) is 0 Å². The van der Waals surface area contributed by atoms with Gasteiger partial charge in [-0.3, -0.25) is 4.79 Å². The van der Waals surface area contributed by atoms with Gasteiger partial charge in [-0.15, -0.1) is 0 Å². The van der Waals surface area contributed by atoms with E-state index in [0.29, 0.717) is 5.92 Å². The second-order valence-corrected chi connectivity index (χ2v) is 3.06. The van der Waals surface area contributed by atoms with Gasteiger partial charge in [0.15, 0.2) is 0 Å². The van der Waals surface area contributed by atoms with E-state index in [2.05, 4.69) is 12.7 Å². The van der Waals surface area contributed by atoms with Crippen LogP contribution in [0.2, 0.25) is 0 Å². The predicted molar refractivity (Wildman–Crippen MR) is 49.7 cm³/mol. The Morgan fingerprint density at radius 2 is 2.42 bits per heavy atom. The van der Waals surface area contributed by atoms with E-state index in [1.165, 1.54) is 6.08 Å². The standard InChI is InChI=1S/C10H15NO/c1-3-5-9-6-7-11(8-9)10(12)4-2/h3-5,9H,2,6-8H2,1H3/b5-3+. The van der Waals surface area contributed by atoms with Crippen molar-refractivity contribution in [1.82, 2.24) is 4.90 Å². The average molecular weight is 165 g/mol. The van der Waals surface area contributed by atoms with E-state index in [4.69, 9.17) is 0 Å². The highest BCUT2D eigenvalue weighted by molar-refractivity contribution is 5.87. The van der Waals surface area contributed by atoms with Crippen LogP contribution in [0.5, 0.6) is 0 Å². The summed E-state index contributed by atoms with van der Waals surface area (Å²) in [5, 5.41) is 0. The molecule has 0 aliphatic carbocycles. The van der Waals surface area contributed by atoms with Crippen LogP contribution >= 0.6 is 0 Å². The maximum atomic E-state index is 11.1. The zero-order chi connectivity index (χ0) is 8.97. The van der Waals surface area contributed by atoms with Crippen molar-refractivity contribution < 1.29 is 4.79 Å².